The number of rotatable bonds is 1. The highest BCUT2D eigenvalue weighted by Gasteiger charge is 2.09. The van der Waals surface area contributed by atoms with Crippen molar-refractivity contribution in [3.05, 3.63) is 27.7 Å². The highest BCUT2D eigenvalue weighted by molar-refractivity contribution is 9.10. The molecule has 0 saturated heterocycles. The fraction of sp³-hybridized carbons (Fsp3) is 0.222. The van der Waals surface area contributed by atoms with Crippen LogP contribution >= 0.6 is 27.5 Å². The second kappa shape index (κ2) is 4.19. The lowest BCUT2D eigenvalue weighted by molar-refractivity contribution is 0.346. The lowest BCUT2D eigenvalue weighted by atomic mass is 10.3. The highest BCUT2D eigenvalue weighted by atomic mass is 79.9. The molecular weight excluding hydrogens is 267 g/mol. The van der Waals surface area contributed by atoms with Gasteiger partial charge in [0.05, 0.1) is 17.3 Å². The van der Waals surface area contributed by atoms with Gasteiger partial charge in [-0.2, -0.15) is 0 Å². The van der Waals surface area contributed by atoms with Gasteiger partial charge in [-0.3, -0.25) is 0 Å². The lowest BCUT2D eigenvalue weighted by Crippen LogP contribution is -2.11. The van der Waals surface area contributed by atoms with Gasteiger partial charge in [0.15, 0.2) is 0 Å². The molecule has 0 spiro atoms. The third-order valence-corrected chi connectivity index (χ3v) is 2.56. The first kappa shape index (κ1) is 9.80. The van der Waals surface area contributed by atoms with Crippen molar-refractivity contribution in [1.29, 1.82) is 0 Å². The summed E-state index contributed by atoms with van der Waals surface area (Å²) in [5.41, 5.74) is 0.801. The Morgan fingerprint density at radius 2 is 2.36 bits per heavy atom. The molecule has 2 rings (SSSR count). The van der Waals surface area contributed by atoms with Gasteiger partial charge in [-0.25, -0.2) is 4.99 Å². The molecule has 1 N–H and O–H groups in total. The molecule has 0 atom stereocenters. The SMILES string of the molecule is Clc1cc(Br)ccc1NC1=NCCO1. The molecule has 1 heterocycles. The molecule has 0 aliphatic carbocycles. The number of nitrogens with zero attached hydrogens (tertiary/aromatic N) is 1. The van der Waals surface area contributed by atoms with Gasteiger partial charge >= 0.3 is 0 Å². The Bertz CT molecular complexity index is 381. The number of hydrogen-bond donors (Lipinski definition) is 1. The molecule has 1 aromatic carbocycles. The van der Waals surface area contributed by atoms with E-state index < -0.39 is 0 Å². The minimum absolute atomic E-state index is 0.536. The first-order chi connectivity index (χ1) is 6.75. The average molecular weight is 276 g/mol. The summed E-state index contributed by atoms with van der Waals surface area (Å²) in [5.74, 6) is 0. The van der Waals surface area contributed by atoms with Crippen LogP contribution in [-0.2, 0) is 4.74 Å². The number of aliphatic imine (C=N–C) groups is 1. The van der Waals surface area contributed by atoms with Crippen LogP contribution in [0, 0.1) is 0 Å². The van der Waals surface area contributed by atoms with E-state index in [1.54, 1.807) is 0 Å². The predicted molar refractivity (Wildman–Crippen MR) is 61.0 cm³/mol. The van der Waals surface area contributed by atoms with Crippen LogP contribution in [0.5, 0.6) is 0 Å². The quantitative estimate of drug-likeness (QED) is 0.855. The Morgan fingerprint density at radius 1 is 1.50 bits per heavy atom. The summed E-state index contributed by atoms with van der Waals surface area (Å²) in [7, 11) is 0. The van der Waals surface area contributed by atoms with Crippen molar-refractivity contribution in [2.45, 2.75) is 0 Å². The van der Waals surface area contributed by atoms with Gasteiger partial charge < -0.3 is 10.1 Å². The Kier molecular flexibility index (Phi) is 2.93. The van der Waals surface area contributed by atoms with E-state index in [2.05, 4.69) is 26.2 Å². The summed E-state index contributed by atoms with van der Waals surface area (Å²) in [5, 5.41) is 3.65. The van der Waals surface area contributed by atoms with Crippen molar-refractivity contribution in [2.24, 2.45) is 4.99 Å². The number of hydrogen-bond acceptors (Lipinski definition) is 3. The predicted octanol–water partition coefficient (Wildman–Crippen LogP) is 2.90. The Balaban J connectivity index is 2.16. The monoisotopic (exact) mass is 274 g/mol. The number of nitrogens with one attached hydrogen (secondary N) is 1. The van der Waals surface area contributed by atoms with Crippen LogP contribution in [0.25, 0.3) is 0 Å². The maximum Gasteiger partial charge on any atom is 0.289 e. The molecule has 0 saturated carbocycles. The van der Waals surface area contributed by atoms with Gasteiger partial charge in [0, 0.05) is 4.47 Å². The fourth-order valence-corrected chi connectivity index (χ4v) is 1.84. The van der Waals surface area contributed by atoms with E-state index in [-0.39, 0.29) is 0 Å². The van der Waals surface area contributed by atoms with Crippen molar-refractivity contribution in [3.63, 3.8) is 0 Å². The summed E-state index contributed by atoms with van der Waals surface area (Å²) >= 11 is 9.34. The summed E-state index contributed by atoms with van der Waals surface area (Å²) < 4.78 is 6.16. The van der Waals surface area contributed by atoms with E-state index in [1.807, 2.05) is 18.2 Å². The minimum Gasteiger partial charge on any atom is -0.463 e. The van der Waals surface area contributed by atoms with Crippen LogP contribution < -0.4 is 5.32 Å². The normalized spacial score (nSPS) is 14.9. The van der Waals surface area contributed by atoms with Gasteiger partial charge in [-0.1, -0.05) is 27.5 Å². The third-order valence-electron chi connectivity index (χ3n) is 1.76. The Morgan fingerprint density at radius 3 is 3.00 bits per heavy atom. The number of ether oxygens (including phenoxy) is 1. The van der Waals surface area contributed by atoms with E-state index in [4.69, 9.17) is 16.3 Å². The minimum atomic E-state index is 0.536. The van der Waals surface area contributed by atoms with Crippen molar-refractivity contribution in [3.8, 4) is 0 Å². The zero-order valence-corrected chi connectivity index (χ0v) is 9.60. The molecule has 0 aromatic heterocycles. The zero-order valence-electron chi connectivity index (χ0n) is 7.26. The molecule has 0 fully saturated rings. The van der Waals surface area contributed by atoms with Gasteiger partial charge in [0.1, 0.15) is 6.61 Å². The Hall–Kier alpha value is -0.740. The van der Waals surface area contributed by atoms with E-state index >= 15 is 0 Å². The average Bonchev–Trinajstić information content (AvgIpc) is 2.62. The second-order valence-electron chi connectivity index (χ2n) is 2.78. The summed E-state index contributed by atoms with van der Waals surface area (Å²) in [6, 6.07) is 6.13. The van der Waals surface area contributed by atoms with Crippen molar-refractivity contribution >= 4 is 39.2 Å². The first-order valence-electron chi connectivity index (χ1n) is 4.15. The molecule has 5 heteroatoms. The van der Waals surface area contributed by atoms with Crippen LogP contribution in [-0.4, -0.2) is 19.2 Å². The molecule has 14 heavy (non-hydrogen) atoms. The van der Waals surface area contributed by atoms with E-state index in [0.717, 1.165) is 10.2 Å². The summed E-state index contributed by atoms with van der Waals surface area (Å²) in [6.07, 6.45) is 0. The van der Waals surface area contributed by atoms with Gasteiger partial charge in [0.25, 0.3) is 6.02 Å². The Labute approximate surface area is 95.2 Å². The molecule has 1 aliphatic rings. The molecule has 1 aromatic rings. The van der Waals surface area contributed by atoms with Crippen molar-refractivity contribution < 1.29 is 4.74 Å². The van der Waals surface area contributed by atoms with Gasteiger partial charge in [-0.05, 0) is 18.2 Å². The molecule has 1 aliphatic heterocycles. The highest BCUT2D eigenvalue weighted by Crippen LogP contribution is 2.25. The van der Waals surface area contributed by atoms with Crippen LogP contribution in [0.3, 0.4) is 0 Å². The molecule has 0 radical (unpaired) electrons. The van der Waals surface area contributed by atoms with Crippen LogP contribution in [0.1, 0.15) is 0 Å². The van der Waals surface area contributed by atoms with Crippen molar-refractivity contribution in [1.82, 2.24) is 0 Å². The van der Waals surface area contributed by atoms with Gasteiger partial charge in [0.2, 0.25) is 0 Å². The van der Waals surface area contributed by atoms with Crippen molar-refractivity contribution in [2.75, 3.05) is 18.5 Å². The van der Waals surface area contributed by atoms with E-state index in [0.29, 0.717) is 24.2 Å². The molecule has 0 bridgehead atoms. The van der Waals surface area contributed by atoms with E-state index in [1.165, 1.54) is 0 Å². The zero-order chi connectivity index (χ0) is 9.97. The summed E-state index contributed by atoms with van der Waals surface area (Å²) in [6.45, 7) is 1.34. The van der Waals surface area contributed by atoms with Gasteiger partial charge in [-0.15, -0.1) is 0 Å². The third kappa shape index (κ3) is 2.19. The second-order valence-corrected chi connectivity index (χ2v) is 4.11. The largest absolute Gasteiger partial charge is 0.463 e. The summed E-state index contributed by atoms with van der Waals surface area (Å²) in [4.78, 5) is 4.11. The first-order valence-corrected chi connectivity index (χ1v) is 5.32. The topological polar surface area (TPSA) is 33.6 Å². The molecular formula is C9H8BrClN2O. The smallest absolute Gasteiger partial charge is 0.289 e. The molecule has 0 amide bonds. The standard InChI is InChI=1S/C9H8BrClN2O/c10-6-1-2-8(7(11)5-6)13-9-12-3-4-14-9/h1-2,5H,3-4H2,(H,12,13). The number of anilines is 1. The lowest BCUT2D eigenvalue weighted by Gasteiger charge is -2.07. The van der Waals surface area contributed by atoms with E-state index in [9.17, 15) is 0 Å². The fourth-order valence-electron chi connectivity index (χ4n) is 1.12. The van der Waals surface area contributed by atoms with Crippen LogP contribution in [0.15, 0.2) is 27.7 Å². The number of amidine groups is 1. The molecule has 3 nitrogen and oxygen atoms in total. The van der Waals surface area contributed by atoms with Crippen LogP contribution in [0.4, 0.5) is 5.69 Å². The number of benzene rings is 1. The molecule has 74 valence electrons. The van der Waals surface area contributed by atoms with Crippen LogP contribution in [0.2, 0.25) is 5.02 Å². The maximum atomic E-state index is 6.00. The molecule has 0 unspecified atom stereocenters. The number of halogens is 2. The maximum absolute atomic E-state index is 6.00.